The van der Waals surface area contributed by atoms with Crippen LogP contribution in [0.4, 0.5) is 0 Å². The number of pyridine rings is 1. The van der Waals surface area contributed by atoms with Crippen molar-refractivity contribution in [2.24, 2.45) is 0 Å². The molecule has 4 nitrogen and oxygen atoms in total. The minimum Gasteiger partial charge on any atom is -0.497 e. The van der Waals surface area contributed by atoms with Gasteiger partial charge in [-0.1, -0.05) is 12.1 Å². The lowest BCUT2D eigenvalue weighted by atomic mass is 10.1. The van der Waals surface area contributed by atoms with Gasteiger partial charge in [-0.3, -0.25) is 9.78 Å². The third-order valence-corrected chi connectivity index (χ3v) is 4.86. The minimum atomic E-state index is 0.0167. The molecule has 0 aliphatic heterocycles. The van der Waals surface area contributed by atoms with Crippen molar-refractivity contribution >= 4 is 17.2 Å². The highest BCUT2D eigenvalue weighted by Crippen LogP contribution is 2.16. The van der Waals surface area contributed by atoms with Crippen LogP contribution in [-0.2, 0) is 13.0 Å². The molecule has 1 amide bonds. The molecule has 128 valence electrons. The Morgan fingerprint density at radius 3 is 2.64 bits per heavy atom. The average Bonchev–Trinajstić information content (AvgIpc) is 3.19. The molecule has 2 aromatic heterocycles. The van der Waals surface area contributed by atoms with Gasteiger partial charge in [0, 0.05) is 35.9 Å². The second kappa shape index (κ2) is 8.44. The predicted molar refractivity (Wildman–Crippen MR) is 100.0 cm³/mol. The lowest BCUT2D eigenvalue weighted by Crippen LogP contribution is -2.32. The van der Waals surface area contributed by atoms with Gasteiger partial charge in [0.25, 0.3) is 5.91 Å². The maximum atomic E-state index is 13.0. The maximum Gasteiger partial charge on any atom is 0.254 e. The molecule has 0 radical (unpaired) electrons. The number of thiophene rings is 1. The molecule has 0 aliphatic rings. The summed E-state index contributed by atoms with van der Waals surface area (Å²) in [4.78, 5) is 20.3. The number of nitrogens with zero attached hydrogens (tertiary/aromatic N) is 2. The number of ether oxygens (including phenoxy) is 1. The third-order valence-electron chi connectivity index (χ3n) is 3.93. The lowest BCUT2D eigenvalue weighted by molar-refractivity contribution is 0.0745. The van der Waals surface area contributed by atoms with E-state index < -0.39 is 0 Å². The fraction of sp³-hybridized carbons (Fsp3) is 0.200. The number of hydrogen-bond donors (Lipinski definition) is 0. The highest BCUT2D eigenvalue weighted by atomic mass is 32.1. The first-order chi connectivity index (χ1) is 12.3. The number of carbonyl (C=O) groups is 1. The number of amides is 1. The lowest BCUT2D eigenvalue weighted by Gasteiger charge is -2.23. The van der Waals surface area contributed by atoms with Gasteiger partial charge >= 0.3 is 0 Å². The van der Waals surface area contributed by atoms with Crippen molar-refractivity contribution in [3.05, 3.63) is 82.3 Å². The fourth-order valence-electron chi connectivity index (χ4n) is 2.58. The van der Waals surface area contributed by atoms with Crippen molar-refractivity contribution in [2.75, 3.05) is 13.7 Å². The van der Waals surface area contributed by atoms with Crippen LogP contribution in [0.15, 0.2) is 66.3 Å². The summed E-state index contributed by atoms with van der Waals surface area (Å²) in [7, 11) is 1.62. The van der Waals surface area contributed by atoms with Crippen LogP contribution < -0.4 is 4.74 Å². The molecule has 3 aromatic rings. The SMILES string of the molecule is COc1ccc(C(=O)N(CCc2cccs2)Cc2cccnc2)cc1. The van der Waals surface area contributed by atoms with E-state index in [1.165, 1.54) is 4.88 Å². The Kier molecular flexibility index (Phi) is 5.80. The molecular weight excluding hydrogens is 332 g/mol. The van der Waals surface area contributed by atoms with Crippen molar-refractivity contribution in [3.8, 4) is 5.75 Å². The molecule has 0 fully saturated rings. The van der Waals surface area contributed by atoms with Crippen molar-refractivity contribution < 1.29 is 9.53 Å². The number of aromatic nitrogens is 1. The number of methoxy groups -OCH3 is 1. The average molecular weight is 352 g/mol. The summed E-state index contributed by atoms with van der Waals surface area (Å²) in [6.45, 7) is 1.21. The zero-order valence-corrected chi connectivity index (χ0v) is 14.9. The molecule has 0 spiro atoms. The molecule has 0 aliphatic carbocycles. The van der Waals surface area contributed by atoms with Gasteiger partial charge in [-0.25, -0.2) is 0 Å². The first-order valence-corrected chi connectivity index (χ1v) is 8.99. The van der Waals surface area contributed by atoms with E-state index in [-0.39, 0.29) is 5.91 Å². The van der Waals surface area contributed by atoms with Crippen LogP contribution in [0.25, 0.3) is 0 Å². The van der Waals surface area contributed by atoms with E-state index in [4.69, 9.17) is 4.74 Å². The Balaban J connectivity index is 1.76. The molecule has 2 heterocycles. The van der Waals surface area contributed by atoms with Crippen LogP contribution >= 0.6 is 11.3 Å². The van der Waals surface area contributed by atoms with Gasteiger partial charge in [-0.15, -0.1) is 11.3 Å². The van der Waals surface area contributed by atoms with Crippen LogP contribution in [0.3, 0.4) is 0 Å². The molecule has 0 N–H and O–H groups in total. The van der Waals surface area contributed by atoms with E-state index in [1.54, 1.807) is 30.8 Å². The largest absolute Gasteiger partial charge is 0.497 e. The number of hydrogen-bond acceptors (Lipinski definition) is 4. The first-order valence-electron chi connectivity index (χ1n) is 8.11. The van der Waals surface area contributed by atoms with Crippen LogP contribution in [0.5, 0.6) is 5.75 Å². The van der Waals surface area contributed by atoms with Gasteiger partial charge in [-0.2, -0.15) is 0 Å². The van der Waals surface area contributed by atoms with Crippen molar-refractivity contribution in [3.63, 3.8) is 0 Å². The summed E-state index contributed by atoms with van der Waals surface area (Å²) in [5.41, 5.74) is 1.69. The summed E-state index contributed by atoms with van der Waals surface area (Å²) in [5.74, 6) is 0.761. The molecule has 0 bridgehead atoms. The smallest absolute Gasteiger partial charge is 0.254 e. The summed E-state index contributed by atoms with van der Waals surface area (Å²) in [5, 5.41) is 2.06. The second-order valence-corrected chi connectivity index (χ2v) is 6.68. The first kappa shape index (κ1) is 17.2. The van der Waals surface area contributed by atoms with E-state index in [1.807, 2.05) is 47.4 Å². The Morgan fingerprint density at radius 1 is 1.16 bits per heavy atom. The summed E-state index contributed by atoms with van der Waals surface area (Å²) in [6.07, 6.45) is 4.39. The topological polar surface area (TPSA) is 42.4 Å². The van der Waals surface area contributed by atoms with Gasteiger partial charge in [-0.05, 0) is 53.8 Å². The van der Waals surface area contributed by atoms with Crippen molar-refractivity contribution in [1.82, 2.24) is 9.88 Å². The molecule has 0 unspecified atom stereocenters. The van der Waals surface area contributed by atoms with Crippen LogP contribution in [-0.4, -0.2) is 29.4 Å². The predicted octanol–water partition coefficient (Wildman–Crippen LogP) is 4.04. The summed E-state index contributed by atoms with van der Waals surface area (Å²) in [6, 6.07) is 15.3. The molecule has 0 atom stereocenters. The molecule has 5 heteroatoms. The summed E-state index contributed by atoms with van der Waals surface area (Å²) >= 11 is 1.72. The summed E-state index contributed by atoms with van der Waals surface area (Å²) < 4.78 is 5.17. The standard InChI is InChI=1S/C20H20N2O2S/c1-24-18-8-6-17(7-9-18)20(23)22(12-10-19-5-3-13-25-19)15-16-4-2-11-21-14-16/h2-9,11,13-14H,10,12,15H2,1H3. The zero-order valence-electron chi connectivity index (χ0n) is 14.1. The Hall–Kier alpha value is -2.66. The monoisotopic (exact) mass is 352 g/mol. The highest BCUT2D eigenvalue weighted by Gasteiger charge is 2.16. The van der Waals surface area contributed by atoms with Gasteiger partial charge in [0.05, 0.1) is 7.11 Å². The van der Waals surface area contributed by atoms with E-state index in [9.17, 15) is 4.79 Å². The number of benzene rings is 1. The fourth-order valence-corrected chi connectivity index (χ4v) is 3.28. The molecule has 25 heavy (non-hydrogen) atoms. The van der Waals surface area contributed by atoms with Gasteiger partial charge in [0.2, 0.25) is 0 Å². The molecule has 0 saturated carbocycles. The third kappa shape index (κ3) is 4.67. The molecular formula is C20H20N2O2S. The van der Waals surface area contributed by atoms with Gasteiger partial charge in [0.1, 0.15) is 5.75 Å². The molecule has 1 aromatic carbocycles. The Morgan fingerprint density at radius 2 is 2.00 bits per heavy atom. The molecule has 0 saturated heterocycles. The molecule has 3 rings (SSSR count). The van der Waals surface area contributed by atoms with E-state index >= 15 is 0 Å². The maximum absolute atomic E-state index is 13.0. The van der Waals surface area contributed by atoms with E-state index in [0.717, 1.165) is 17.7 Å². The van der Waals surface area contributed by atoms with E-state index in [2.05, 4.69) is 16.4 Å². The van der Waals surface area contributed by atoms with Gasteiger partial charge in [0.15, 0.2) is 0 Å². The van der Waals surface area contributed by atoms with E-state index in [0.29, 0.717) is 18.7 Å². The van der Waals surface area contributed by atoms with Crippen molar-refractivity contribution in [2.45, 2.75) is 13.0 Å². The number of carbonyl (C=O) groups excluding carboxylic acids is 1. The minimum absolute atomic E-state index is 0.0167. The van der Waals surface area contributed by atoms with Crippen LogP contribution in [0, 0.1) is 0 Å². The second-order valence-electron chi connectivity index (χ2n) is 5.65. The van der Waals surface area contributed by atoms with Crippen molar-refractivity contribution in [1.29, 1.82) is 0 Å². The van der Waals surface area contributed by atoms with Gasteiger partial charge < -0.3 is 9.64 Å². The van der Waals surface area contributed by atoms with Crippen LogP contribution in [0.2, 0.25) is 0 Å². The normalized spacial score (nSPS) is 10.4. The quantitative estimate of drug-likeness (QED) is 0.644. The highest BCUT2D eigenvalue weighted by molar-refractivity contribution is 7.09. The number of rotatable bonds is 7. The Labute approximate surface area is 151 Å². The van der Waals surface area contributed by atoms with Crippen LogP contribution in [0.1, 0.15) is 20.8 Å². The zero-order chi connectivity index (χ0) is 17.5. The Bertz CT molecular complexity index is 786.